The van der Waals surface area contributed by atoms with Gasteiger partial charge in [0.25, 0.3) is 6.04 Å². The largest absolute Gasteiger partial charge is 0.393 e. The van der Waals surface area contributed by atoms with Crippen molar-refractivity contribution in [2.24, 2.45) is 11.8 Å². The molecule has 2 aliphatic carbocycles. The summed E-state index contributed by atoms with van der Waals surface area (Å²) >= 11 is 0. The molecule has 78 valence electrons. The highest BCUT2D eigenvalue weighted by Gasteiger charge is 2.56. The van der Waals surface area contributed by atoms with Gasteiger partial charge in [-0.25, -0.2) is 6.57 Å². The molecule has 0 aliphatic heterocycles. The van der Waals surface area contributed by atoms with E-state index in [2.05, 4.69) is 4.85 Å². The molecule has 0 amide bonds. The molecular formula is C10H15NO3. The molecule has 4 nitrogen and oxygen atoms in total. The maximum absolute atomic E-state index is 9.71. The van der Waals surface area contributed by atoms with E-state index in [1.54, 1.807) is 0 Å². The van der Waals surface area contributed by atoms with Gasteiger partial charge < -0.3 is 20.2 Å². The predicted octanol–water partition coefficient (Wildman–Crippen LogP) is -0.213. The molecule has 4 heteroatoms. The fourth-order valence-corrected chi connectivity index (χ4v) is 2.97. The number of aliphatic hydroxyl groups is 3. The first-order valence-electron chi connectivity index (χ1n) is 5.07. The standard InChI is InChI=1S/C10H15NO3/c1-11-8-5-3-2-4-6(12)7(5)9(13)10(8)14/h5-10,12-14H,2-4H2. The Labute approximate surface area is 83.0 Å². The summed E-state index contributed by atoms with van der Waals surface area (Å²) in [5.74, 6) is -0.320. The van der Waals surface area contributed by atoms with Crippen LogP contribution in [0.25, 0.3) is 4.85 Å². The second-order valence-electron chi connectivity index (χ2n) is 4.34. The van der Waals surface area contributed by atoms with Gasteiger partial charge in [0.05, 0.1) is 12.2 Å². The van der Waals surface area contributed by atoms with E-state index in [0.717, 1.165) is 12.8 Å². The van der Waals surface area contributed by atoms with Gasteiger partial charge in [-0.15, -0.1) is 0 Å². The molecule has 6 unspecified atom stereocenters. The number of hydrogen-bond donors (Lipinski definition) is 3. The average Bonchev–Trinajstić information content (AvgIpc) is 2.41. The zero-order valence-electron chi connectivity index (χ0n) is 7.87. The summed E-state index contributed by atoms with van der Waals surface area (Å²) in [5.41, 5.74) is 0. The van der Waals surface area contributed by atoms with Crippen LogP contribution in [0.4, 0.5) is 0 Å². The molecule has 3 N–H and O–H groups in total. The lowest BCUT2D eigenvalue weighted by molar-refractivity contribution is -0.0402. The lowest BCUT2D eigenvalue weighted by Gasteiger charge is -2.30. The molecule has 2 aliphatic rings. The minimum absolute atomic E-state index is 0.0266. The number of hydrogen-bond acceptors (Lipinski definition) is 3. The van der Waals surface area contributed by atoms with Crippen LogP contribution >= 0.6 is 0 Å². The zero-order valence-corrected chi connectivity index (χ0v) is 7.87. The monoisotopic (exact) mass is 197 g/mol. The summed E-state index contributed by atoms with van der Waals surface area (Å²) in [7, 11) is 0. The lowest BCUT2D eigenvalue weighted by Crippen LogP contribution is -2.37. The van der Waals surface area contributed by atoms with Crippen molar-refractivity contribution in [2.75, 3.05) is 0 Å². The highest BCUT2D eigenvalue weighted by Crippen LogP contribution is 2.44. The van der Waals surface area contributed by atoms with Gasteiger partial charge in [0.2, 0.25) is 0 Å². The third-order valence-electron chi connectivity index (χ3n) is 3.66. The van der Waals surface area contributed by atoms with E-state index < -0.39 is 24.4 Å². The normalized spacial score (nSPS) is 52.4. The highest BCUT2D eigenvalue weighted by molar-refractivity contribution is 5.09. The third-order valence-corrected chi connectivity index (χ3v) is 3.66. The van der Waals surface area contributed by atoms with Crippen molar-refractivity contribution in [1.29, 1.82) is 0 Å². The van der Waals surface area contributed by atoms with E-state index in [-0.39, 0.29) is 11.8 Å². The van der Waals surface area contributed by atoms with E-state index in [9.17, 15) is 15.3 Å². The lowest BCUT2D eigenvalue weighted by atomic mass is 9.78. The van der Waals surface area contributed by atoms with Crippen LogP contribution in [-0.2, 0) is 0 Å². The molecule has 14 heavy (non-hydrogen) atoms. The summed E-state index contributed by atoms with van der Waals surface area (Å²) in [6, 6.07) is -0.523. The summed E-state index contributed by atoms with van der Waals surface area (Å²) in [6.07, 6.45) is -0.0541. The van der Waals surface area contributed by atoms with Gasteiger partial charge in [0.15, 0.2) is 6.10 Å². The maximum atomic E-state index is 9.71. The van der Waals surface area contributed by atoms with E-state index in [1.807, 2.05) is 0 Å². The molecule has 0 radical (unpaired) electrons. The van der Waals surface area contributed by atoms with Crippen molar-refractivity contribution in [3.8, 4) is 0 Å². The Morgan fingerprint density at radius 2 is 1.79 bits per heavy atom. The van der Waals surface area contributed by atoms with Crippen LogP contribution in [0, 0.1) is 18.4 Å². The molecule has 0 heterocycles. The van der Waals surface area contributed by atoms with Crippen molar-refractivity contribution in [3.05, 3.63) is 11.4 Å². The first-order chi connectivity index (χ1) is 6.66. The average molecular weight is 197 g/mol. The van der Waals surface area contributed by atoms with Crippen molar-refractivity contribution < 1.29 is 15.3 Å². The van der Waals surface area contributed by atoms with Crippen LogP contribution in [0.15, 0.2) is 0 Å². The Kier molecular flexibility index (Phi) is 2.48. The van der Waals surface area contributed by atoms with E-state index >= 15 is 0 Å². The first kappa shape index (κ1) is 9.91. The number of fused-ring (bicyclic) bond motifs is 1. The summed E-state index contributed by atoms with van der Waals surface area (Å²) < 4.78 is 0. The molecule has 2 rings (SSSR count). The smallest absolute Gasteiger partial charge is 0.254 e. The first-order valence-corrected chi connectivity index (χ1v) is 5.07. The van der Waals surface area contributed by atoms with Crippen molar-refractivity contribution in [3.63, 3.8) is 0 Å². The van der Waals surface area contributed by atoms with Gasteiger partial charge >= 0.3 is 0 Å². The highest BCUT2D eigenvalue weighted by atomic mass is 16.3. The van der Waals surface area contributed by atoms with E-state index in [4.69, 9.17) is 6.57 Å². The fraction of sp³-hybridized carbons (Fsp3) is 0.900. The number of rotatable bonds is 0. The molecule has 2 fully saturated rings. The molecule has 6 atom stereocenters. The van der Waals surface area contributed by atoms with E-state index in [0.29, 0.717) is 6.42 Å². The Balaban J connectivity index is 2.25. The zero-order chi connectivity index (χ0) is 10.3. The molecule has 0 spiro atoms. The Hall–Kier alpha value is -0.630. The van der Waals surface area contributed by atoms with Crippen LogP contribution in [0.1, 0.15) is 19.3 Å². The second-order valence-corrected chi connectivity index (χ2v) is 4.34. The molecule has 0 aromatic rings. The summed E-state index contributed by atoms with van der Waals surface area (Å²) in [6.45, 7) is 6.98. The fourth-order valence-electron chi connectivity index (χ4n) is 2.97. The van der Waals surface area contributed by atoms with Crippen LogP contribution in [0.2, 0.25) is 0 Å². The van der Waals surface area contributed by atoms with Gasteiger partial charge in [-0.2, -0.15) is 0 Å². The van der Waals surface area contributed by atoms with Crippen LogP contribution < -0.4 is 0 Å². The number of aliphatic hydroxyl groups excluding tert-OH is 3. The molecule has 0 saturated heterocycles. The van der Waals surface area contributed by atoms with Crippen molar-refractivity contribution in [2.45, 2.75) is 43.6 Å². The molecule has 0 aromatic carbocycles. The van der Waals surface area contributed by atoms with Crippen LogP contribution in [0.5, 0.6) is 0 Å². The maximum Gasteiger partial charge on any atom is 0.254 e. The topological polar surface area (TPSA) is 65.0 Å². The van der Waals surface area contributed by atoms with Gasteiger partial charge in [0.1, 0.15) is 0 Å². The van der Waals surface area contributed by atoms with Crippen molar-refractivity contribution in [1.82, 2.24) is 0 Å². The minimum atomic E-state index is -0.977. The van der Waals surface area contributed by atoms with Gasteiger partial charge in [0, 0.05) is 11.8 Å². The molecular weight excluding hydrogens is 182 g/mol. The summed E-state index contributed by atoms with van der Waals surface area (Å²) in [5, 5.41) is 29.0. The second kappa shape index (κ2) is 3.50. The molecule has 0 bridgehead atoms. The van der Waals surface area contributed by atoms with Crippen LogP contribution in [0.3, 0.4) is 0 Å². The van der Waals surface area contributed by atoms with Gasteiger partial charge in [-0.1, -0.05) is 6.42 Å². The minimum Gasteiger partial charge on any atom is -0.393 e. The van der Waals surface area contributed by atoms with Gasteiger partial charge in [-0.3, -0.25) is 0 Å². The van der Waals surface area contributed by atoms with Gasteiger partial charge in [-0.05, 0) is 12.8 Å². The van der Waals surface area contributed by atoms with Crippen LogP contribution in [-0.4, -0.2) is 39.7 Å². The van der Waals surface area contributed by atoms with E-state index in [1.165, 1.54) is 0 Å². The third kappa shape index (κ3) is 1.24. The Bertz CT molecular complexity index is 263. The molecule has 0 aromatic heterocycles. The Morgan fingerprint density at radius 3 is 2.43 bits per heavy atom. The molecule has 2 saturated carbocycles. The quantitative estimate of drug-likeness (QED) is 0.471. The number of nitrogens with zero attached hydrogens (tertiary/aromatic N) is 1. The summed E-state index contributed by atoms with van der Waals surface area (Å²) in [4.78, 5) is 3.37. The van der Waals surface area contributed by atoms with Crippen molar-refractivity contribution >= 4 is 0 Å². The Morgan fingerprint density at radius 1 is 1.07 bits per heavy atom. The predicted molar refractivity (Wildman–Crippen MR) is 49.2 cm³/mol. The SMILES string of the molecule is [C-]#[N+]C1C(O)C(O)C2C(O)CCCC12.